The van der Waals surface area contributed by atoms with E-state index in [1.54, 1.807) is 36.4 Å². The monoisotopic (exact) mass is 456 g/mol. The summed E-state index contributed by atoms with van der Waals surface area (Å²) in [7, 11) is 1.52. The van der Waals surface area contributed by atoms with Gasteiger partial charge >= 0.3 is 0 Å². The molecule has 0 aromatic heterocycles. The first-order valence-corrected chi connectivity index (χ1v) is 11.7. The Morgan fingerprint density at radius 2 is 1.64 bits per heavy atom. The average molecular weight is 457 g/mol. The van der Waals surface area contributed by atoms with Crippen LogP contribution in [0.15, 0.2) is 54.9 Å². The summed E-state index contributed by atoms with van der Waals surface area (Å²) in [4.78, 5) is 0. The first-order valence-electron chi connectivity index (χ1n) is 11.7. The van der Waals surface area contributed by atoms with Gasteiger partial charge in [0.05, 0.1) is 12.7 Å². The Labute approximate surface area is 194 Å². The normalized spacial score (nSPS) is 25.5. The minimum atomic E-state index is -0.794. The molecule has 0 heterocycles. The van der Waals surface area contributed by atoms with Gasteiger partial charge in [0.1, 0.15) is 11.9 Å². The maximum Gasteiger partial charge on any atom is 0.166 e. The van der Waals surface area contributed by atoms with Crippen molar-refractivity contribution >= 4 is 6.08 Å². The molecule has 0 amide bonds. The highest BCUT2D eigenvalue weighted by molar-refractivity contribution is 5.66. The van der Waals surface area contributed by atoms with Crippen molar-refractivity contribution in [1.29, 1.82) is 0 Å². The highest BCUT2D eigenvalue weighted by Gasteiger charge is 2.28. The van der Waals surface area contributed by atoms with E-state index in [4.69, 9.17) is 9.47 Å². The third-order valence-electron chi connectivity index (χ3n) is 7.02. The molecule has 1 fully saturated rings. The van der Waals surface area contributed by atoms with Crippen molar-refractivity contribution in [3.8, 4) is 11.1 Å². The van der Waals surface area contributed by atoms with E-state index in [2.05, 4.69) is 6.58 Å². The van der Waals surface area contributed by atoms with E-state index in [-0.39, 0.29) is 29.3 Å². The smallest absolute Gasteiger partial charge is 0.166 e. The Morgan fingerprint density at radius 1 is 0.909 bits per heavy atom. The maximum atomic E-state index is 15.0. The van der Waals surface area contributed by atoms with Gasteiger partial charge in [-0.05, 0) is 67.2 Å². The molecule has 2 aromatic rings. The predicted octanol–water partition coefficient (Wildman–Crippen LogP) is 7.60. The Morgan fingerprint density at radius 3 is 2.27 bits per heavy atom. The Hall–Kier alpha value is -2.37. The molecule has 2 aliphatic rings. The van der Waals surface area contributed by atoms with Crippen LogP contribution in [0.1, 0.15) is 55.6 Å². The van der Waals surface area contributed by atoms with Crippen LogP contribution in [-0.4, -0.2) is 25.9 Å². The zero-order valence-corrected chi connectivity index (χ0v) is 19.0. The molecule has 2 aliphatic carbocycles. The van der Waals surface area contributed by atoms with Crippen LogP contribution in [0, 0.1) is 17.6 Å². The minimum absolute atomic E-state index is 0.0222. The van der Waals surface area contributed by atoms with E-state index < -0.39 is 17.7 Å². The Kier molecular flexibility index (Phi) is 7.71. The van der Waals surface area contributed by atoms with Crippen molar-refractivity contribution in [1.82, 2.24) is 0 Å². The SMILES string of the molecule is C=Cc1ccc(-c2ccc(C3CCC(OCC4C=C(F)C(OC)CC4)CC3)c(F)c2F)cc1. The molecule has 0 aliphatic heterocycles. The molecule has 0 saturated heterocycles. The Balaban J connectivity index is 1.34. The fraction of sp³-hybridized carbons (Fsp3) is 0.429. The first kappa shape index (κ1) is 23.8. The van der Waals surface area contributed by atoms with Gasteiger partial charge in [0, 0.05) is 18.6 Å². The summed E-state index contributed by atoms with van der Waals surface area (Å²) in [5.41, 5.74) is 2.29. The number of ether oxygens (including phenoxy) is 2. The van der Waals surface area contributed by atoms with E-state index in [0.717, 1.165) is 37.7 Å². The molecule has 2 nitrogen and oxygen atoms in total. The van der Waals surface area contributed by atoms with Crippen LogP contribution in [0.3, 0.4) is 0 Å². The van der Waals surface area contributed by atoms with Gasteiger partial charge in [0.15, 0.2) is 11.6 Å². The van der Waals surface area contributed by atoms with Gasteiger partial charge in [-0.25, -0.2) is 13.2 Å². The molecule has 33 heavy (non-hydrogen) atoms. The second-order valence-electron chi connectivity index (χ2n) is 9.08. The topological polar surface area (TPSA) is 18.5 Å². The number of benzene rings is 2. The van der Waals surface area contributed by atoms with Crippen LogP contribution in [0.5, 0.6) is 0 Å². The molecule has 176 valence electrons. The summed E-state index contributed by atoms with van der Waals surface area (Å²) < 4.78 is 55.0. The van der Waals surface area contributed by atoms with Crippen LogP contribution in [0.2, 0.25) is 0 Å². The van der Waals surface area contributed by atoms with E-state index in [9.17, 15) is 13.2 Å². The fourth-order valence-electron chi connectivity index (χ4n) is 4.98. The average Bonchev–Trinajstić information content (AvgIpc) is 2.85. The van der Waals surface area contributed by atoms with Gasteiger partial charge in [-0.1, -0.05) is 49.1 Å². The standard InChI is InChI=1S/C28H31F3O2/c1-3-18-4-7-20(8-5-18)23-13-14-24(28(31)27(23)30)21-9-11-22(12-10-21)33-17-19-6-15-26(32-2)25(29)16-19/h3-5,7-8,13-14,16,19,21-22,26H,1,6,9-12,15,17H2,2H3. The lowest BCUT2D eigenvalue weighted by molar-refractivity contribution is 0.00379. The number of hydrogen-bond acceptors (Lipinski definition) is 2. The van der Waals surface area contributed by atoms with Gasteiger partial charge < -0.3 is 9.47 Å². The van der Waals surface area contributed by atoms with E-state index in [1.165, 1.54) is 7.11 Å². The Bertz CT molecular complexity index is 991. The molecular formula is C28H31F3O2. The second-order valence-corrected chi connectivity index (χ2v) is 9.08. The third-order valence-corrected chi connectivity index (χ3v) is 7.02. The van der Waals surface area contributed by atoms with Crippen molar-refractivity contribution in [3.05, 3.63) is 77.6 Å². The van der Waals surface area contributed by atoms with Gasteiger partial charge in [-0.15, -0.1) is 0 Å². The number of rotatable bonds is 7. The molecule has 0 N–H and O–H groups in total. The summed E-state index contributed by atoms with van der Waals surface area (Å²) in [5, 5.41) is 0. The van der Waals surface area contributed by atoms with Crippen molar-refractivity contribution in [2.24, 2.45) is 5.92 Å². The largest absolute Gasteiger partial charge is 0.378 e. The zero-order chi connectivity index (χ0) is 23.4. The molecule has 1 saturated carbocycles. The zero-order valence-electron chi connectivity index (χ0n) is 19.0. The van der Waals surface area contributed by atoms with E-state index >= 15 is 0 Å². The molecule has 0 radical (unpaired) electrons. The van der Waals surface area contributed by atoms with Crippen LogP contribution < -0.4 is 0 Å². The van der Waals surface area contributed by atoms with Gasteiger partial charge in [-0.2, -0.15) is 0 Å². The van der Waals surface area contributed by atoms with Crippen molar-refractivity contribution in [2.45, 2.75) is 56.7 Å². The summed E-state index contributed by atoms with van der Waals surface area (Å²) in [6.45, 7) is 4.20. The summed E-state index contributed by atoms with van der Waals surface area (Å²) in [5.74, 6) is -1.71. The van der Waals surface area contributed by atoms with E-state index in [1.807, 2.05) is 12.1 Å². The molecule has 2 aromatic carbocycles. The van der Waals surface area contributed by atoms with Gasteiger partial charge in [0.2, 0.25) is 0 Å². The third kappa shape index (κ3) is 5.42. The number of halogens is 3. The van der Waals surface area contributed by atoms with Crippen LogP contribution in [-0.2, 0) is 9.47 Å². The van der Waals surface area contributed by atoms with Crippen molar-refractivity contribution in [2.75, 3.05) is 13.7 Å². The molecule has 5 heteroatoms. The minimum Gasteiger partial charge on any atom is -0.378 e. The molecule has 2 atom stereocenters. The summed E-state index contributed by atoms with van der Waals surface area (Å²) in [6, 6.07) is 10.6. The predicted molar refractivity (Wildman–Crippen MR) is 126 cm³/mol. The van der Waals surface area contributed by atoms with Gasteiger partial charge in [0.25, 0.3) is 0 Å². The second kappa shape index (κ2) is 10.7. The maximum absolute atomic E-state index is 15.0. The molecule has 4 rings (SSSR count). The van der Waals surface area contributed by atoms with Crippen molar-refractivity contribution in [3.63, 3.8) is 0 Å². The fourth-order valence-corrected chi connectivity index (χ4v) is 4.98. The van der Waals surface area contributed by atoms with Crippen LogP contribution in [0.4, 0.5) is 13.2 Å². The first-order chi connectivity index (χ1) is 16.0. The number of hydrogen-bond donors (Lipinski definition) is 0. The van der Waals surface area contributed by atoms with Crippen molar-refractivity contribution < 1.29 is 22.6 Å². The highest BCUT2D eigenvalue weighted by Crippen LogP contribution is 2.38. The molecule has 2 unspecified atom stereocenters. The molecule has 0 spiro atoms. The van der Waals surface area contributed by atoms with Crippen LogP contribution in [0.25, 0.3) is 17.2 Å². The lowest BCUT2D eigenvalue weighted by Crippen LogP contribution is -2.26. The lowest BCUT2D eigenvalue weighted by Gasteiger charge is -2.31. The van der Waals surface area contributed by atoms with E-state index in [0.29, 0.717) is 24.2 Å². The van der Waals surface area contributed by atoms with Crippen LogP contribution >= 0.6 is 0 Å². The number of methoxy groups -OCH3 is 1. The lowest BCUT2D eigenvalue weighted by atomic mass is 9.82. The quantitative estimate of drug-likeness (QED) is 0.427. The summed E-state index contributed by atoms with van der Waals surface area (Å²) >= 11 is 0. The summed E-state index contributed by atoms with van der Waals surface area (Å²) in [6.07, 6.45) is 7.56. The van der Waals surface area contributed by atoms with Gasteiger partial charge in [-0.3, -0.25) is 0 Å². The highest BCUT2D eigenvalue weighted by atomic mass is 19.2. The molecule has 0 bridgehead atoms. The molecular weight excluding hydrogens is 425 g/mol.